The van der Waals surface area contributed by atoms with Crippen LogP contribution >= 0.6 is 0 Å². The van der Waals surface area contributed by atoms with Crippen LogP contribution in [0.5, 0.6) is 5.75 Å². The van der Waals surface area contributed by atoms with E-state index in [-0.39, 0.29) is 5.97 Å². The van der Waals surface area contributed by atoms with Gasteiger partial charge in [0.1, 0.15) is 12.4 Å². The van der Waals surface area contributed by atoms with Gasteiger partial charge < -0.3 is 9.47 Å². The molecule has 0 saturated carbocycles. The van der Waals surface area contributed by atoms with Gasteiger partial charge in [0.2, 0.25) is 0 Å². The molecule has 0 radical (unpaired) electrons. The maximum Gasteiger partial charge on any atom is 0.337 e. The molecule has 18 heavy (non-hydrogen) atoms. The number of aromatic nitrogens is 3. The van der Waals surface area contributed by atoms with E-state index in [0.717, 1.165) is 0 Å². The Bertz CT molecular complexity index is 494. The van der Waals surface area contributed by atoms with Crippen LogP contribution in [0.4, 0.5) is 0 Å². The van der Waals surface area contributed by atoms with Gasteiger partial charge >= 0.3 is 5.97 Å². The Morgan fingerprint density at radius 2 is 2.11 bits per heavy atom. The van der Waals surface area contributed by atoms with E-state index >= 15 is 0 Å². The predicted octanol–water partition coefficient (Wildman–Crippen LogP) is 1.14. The van der Waals surface area contributed by atoms with Crippen molar-refractivity contribution in [3.8, 4) is 5.75 Å². The minimum absolute atomic E-state index is 0.357. The van der Waals surface area contributed by atoms with Crippen LogP contribution in [0.3, 0.4) is 0 Å². The van der Waals surface area contributed by atoms with Gasteiger partial charge in [-0.2, -0.15) is 0 Å². The smallest absolute Gasteiger partial charge is 0.337 e. The minimum Gasteiger partial charge on any atom is -0.492 e. The second-order valence-electron chi connectivity index (χ2n) is 3.53. The molecule has 0 unspecified atom stereocenters. The van der Waals surface area contributed by atoms with Crippen molar-refractivity contribution in [3.05, 3.63) is 42.2 Å². The third-order valence-corrected chi connectivity index (χ3v) is 2.34. The number of carbonyl (C=O) groups is 1. The topological polar surface area (TPSA) is 66.2 Å². The highest BCUT2D eigenvalue weighted by Crippen LogP contribution is 2.12. The third-order valence-electron chi connectivity index (χ3n) is 2.34. The lowest BCUT2D eigenvalue weighted by atomic mass is 10.2. The number of carbonyl (C=O) groups excluding carboxylic acids is 1. The molecule has 0 amide bonds. The van der Waals surface area contributed by atoms with Crippen LogP contribution in [0.15, 0.2) is 36.7 Å². The van der Waals surface area contributed by atoms with Crippen LogP contribution in [0, 0.1) is 0 Å². The minimum atomic E-state index is -0.357. The van der Waals surface area contributed by atoms with Crippen molar-refractivity contribution >= 4 is 5.97 Å². The van der Waals surface area contributed by atoms with E-state index in [0.29, 0.717) is 24.5 Å². The van der Waals surface area contributed by atoms with E-state index in [1.54, 1.807) is 41.3 Å². The molecule has 0 aliphatic heterocycles. The first-order chi connectivity index (χ1) is 8.79. The Balaban J connectivity index is 1.85. The zero-order valence-electron chi connectivity index (χ0n) is 9.94. The number of hydrogen-bond donors (Lipinski definition) is 0. The van der Waals surface area contributed by atoms with Gasteiger partial charge in [-0.3, -0.25) is 0 Å². The molecule has 0 atom stereocenters. The molecule has 6 nitrogen and oxygen atoms in total. The zero-order valence-corrected chi connectivity index (χ0v) is 9.94. The summed E-state index contributed by atoms with van der Waals surface area (Å²) in [4.78, 5) is 11.2. The summed E-state index contributed by atoms with van der Waals surface area (Å²) in [5, 5.41) is 7.52. The van der Waals surface area contributed by atoms with E-state index < -0.39 is 0 Å². The number of nitrogens with zero attached hydrogens (tertiary/aromatic N) is 3. The normalized spacial score (nSPS) is 10.1. The first-order valence-corrected chi connectivity index (χ1v) is 5.45. The summed E-state index contributed by atoms with van der Waals surface area (Å²) in [5.41, 5.74) is 0.501. The fraction of sp³-hybridized carbons (Fsp3) is 0.250. The molecule has 94 valence electrons. The number of rotatable bonds is 5. The van der Waals surface area contributed by atoms with Crippen LogP contribution in [-0.4, -0.2) is 34.7 Å². The highest BCUT2D eigenvalue weighted by Gasteiger charge is 2.04. The van der Waals surface area contributed by atoms with Gasteiger partial charge in [-0.15, -0.1) is 5.10 Å². The van der Waals surface area contributed by atoms with Gasteiger partial charge in [0.15, 0.2) is 0 Å². The Labute approximate surface area is 104 Å². The Kier molecular flexibility index (Phi) is 3.90. The quantitative estimate of drug-likeness (QED) is 0.741. The zero-order chi connectivity index (χ0) is 12.8. The van der Waals surface area contributed by atoms with Crippen molar-refractivity contribution in [2.45, 2.75) is 6.54 Å². The fourth-order valence-electron chi connectivity index (χ4n) is 1.41. The molecule has 1 aromatic heterocycles. The number of ether oxygens (including phenoxy) is 2. The average molecular weight is 247 g/mol. The molecule has 0 bridgehead atoms. The van der Waals surface area contributed by atoms with Crippen molar-refractivity contribution in [1.82, 2.24) is 15.0 Å². The van der Waals surface area contributed by atoms with Gasteiger partial charge in [-0.05, 0) is 24.3 Å². The fourth-order valence-corrected chi connectivity index (χ4v) is 1.41. The molecule has 1 aromatic carbocycles. The maximum atomic E-state index is 11.2. The molecule has 0 spiro atoms. The predicted molar refractivity (Wildman–Crippen MR) is 63.3 cm³/mol. The van der Waals surface area contributed by atoms with E-state index in [9.17, 15) is 4.79 Å². The summed E-state index contributed by atoms with van der Waals surface area (Å²) in [6, 6.07) is 6.79. The second-order valence-corrected chi connectivity index (χ2v) is 3.53. The number of esters is 1. The van der Waals surface area contributed by atoms with Gasteiger partial charge in [-0.25, -0.2) is 9.48 Å². The molecule has 0 aliphatic rings. The largest absolute Gasteiger partial charge is 0.492 e. The monoisotopic (exact) mass is 247 g/mol. The summed E-state index contributed by atoms with van der Waals surface area (Å²) >= 11 is 0. The number of hydrogen-bond acceptors (Lipinski definition) is 5. The Hall–Kier alpha value is -2.37. The van der Waals surface area contributed by atoms with E-state index in [2.05, 4.69) is 15.0 Å². The van der Waals surface area contributed by atoms with Crippen molar-refractivity contribution in [2.24, 2.45) is 0 Å². The molecule has 0 fully saturated rings. The second kappa shape index (κ2) is 5.81. The Morgan fingerprint density at radius 3 is 2.72 bits per heavy atom. The van der Waals surface area contributed by atoms with E-state index in [1.165, 1.54) is 7.11 Å². The number of benzene rings is 1. The van der Waals surface area contributed by atoms with Crippen LogP contribution in [0.2, 0.25) is 0 Å². The third kappa shape index (κ3) is 3.07. The van der Waals surface area contributed by atoms with Gasteiger partial charge in [-0.1, -0.05) is 5.21 Å². The summed E-state index contributed by atoms with van der Waals surface area (Å²) in [6.45, 7) is 1.11. The molecule has 0 aliphatic carbocycles. The Morgan fingerprint density at radius 1 is 1.33 bits per heavy atom. The van der Waals surface area contributed by atoms with Crippen molar-refractivity contribution in [2.75, 3.05) is 13.7 Å². The summed E-state index contributed by atoms with van der Waals surface area (Å²) in [7, 11) is 1.35. The van der Waals surface area contributed by atoms with Crippen LogP contribution in [0.25, 0.3) is 0 Å². The average Bonchev–Trinajstić information content (AvgIpc) is 2.92. The lowest BCUT2D eigenvalue weighted by Gasteiger charge is -2.06. The SMILES string of the molecule is COC(=O)c1ccc(OCCn2ccnn2)cc1. The molecule has 1 heterocycles. The molecule has 2 aromatic rings. The number of methoxy groups -OCH3 is 1. The van der Waals surface area contributed by atoms with Crippen LogP contribution in [-0.2, 0) is 11.3 Å². The summed E-state index contributed by atoms with van der Waals surface area (Å²) in [5.74, 6) is 0.340. The molecular formula is C12H13N3O3. The van der Waals surface area contributed by atoms with Crippen LogP contribution in [0.1, 0.15) is 10.4 Å². The van der Waals surface area contributed by atoms with Gasteiger partial charge in [0.05, 0.1) is 25.4 Å². The first-order valence-electron chi connectivity index (χ1n) is 5.45. The molecule has 0 N–H and O–H groups in total. The van der Waals surface area contributed by atoms with Crippen LogP contribution < -0.4 is 4.74 Å². The maximum absolute atomic E-state index is 11.2. The molecule has 6 heteroatoms. The molecular weight excluding hydrogens is 234 g/mol. The van der Waals surface area contributed by atoms with Crippen molar-refractivity contribution in [1.29, 1.82) is 0 Å². The molecule has 2 rings (SSSR count). The standard InChI is InChI=1S/C12H13N3O3/c1-17-12(16)10-2-4-11(5-3-10)18-9-8-15-7-6-13-14-15/h2-7H,8-9H2,1H3. The first kappa shape index (κ1) is 12.1. The molecule has 0 saturated heterocycles. The summed E-state index contributed by atoms with van der Waals surface area (Å²) in [6.07, 6.45) is 3.38. The van der Waals surface area contributed by atoms with Gasteiger partial charge in [0.25, 0.3) is 0 Å². The lowest BCUT2D eigenvalue weighted by Crippen LogP contribution is -2.09. The van der Waals surface area contributed by atoms with E-state index in [1.807, 2.05) is 0 Å². The summed E-state index contributed by atoms with van der Waals surface area (Å²) < 4.78 is 11.8. The van der Waals surface area contributed by atoms with E-state index in [4.69, 9.17) is 4.74 Å². The highest BCUT2D eigenvalue weighted by atomic mass is 16.5. The highest BCUT2D eigenvalue weighted by molar-refractivity contribution is 5.89. The lowest BCUT2D eigenvalue weighted by molar-refractivity contribution is 0.0600. The van der Waals surface area contributed by atoms with Crippen molar-refractivity contribution < 1.29 is 14.3 Å². The van der Waals surface area contributed by atoms with Crippen molar-refractivity contribution in [3.63, 3.8) is 0 Å². The van der Waals surface area contributed by atoms with Gasteiger partial charge in [0, 0.05) is 6.20 Å².